The summed E-state index contributed by atoms with van der Waals surface area (Å²) in [5, 5.41) is 3.20. The Morgan fingerprint density at radius 3 is 2.85 bits per heavy atom. The van der Waals surface area contributed by atoms with Crippen LogP contribution in [0.15, 0.2) is 12.4 Å². The van der Waals surface area contributed by atoms with Gasteiger partial charge < -0.3 is 14.8 Å². The number of carbonyl (C=O) groups is 1. The van der Waals surface area contributed by atoms with Crippen LogP contribution in [0.2, 0.25) is 0 Å². The van der Waals surface area contributed by atoms with Crippen LogP contribution in [-0.2, 0) is 19.7 Å². The van der Waals surface area contributed by atoms with Crippen LogP contribution in [0, 0.1) is 0 Å². The molecule has 0 bridgehead atoms. The quantitative estimate of drug-likeness (QED) is 0.574. The monoisotopic (exact) mass is 279 g/mol. The molecule has 0 saturated heterocycles. The standard InChI is InChI=1S/C14H21N3O3/c1-11(18)20-7-5-14(3-4-14)12-9-13(17-10-16-12)15-6-8-19-2/h9-10H,3-8H2,1-2H3,(H,15,16,17). The minimum absolute atomic E-state index is 0.0656. The first-order valence-corrected chi connectivity index (χ1v) is 6.85. The summed E-state index contributed by atoms with van der Waals surface area (Å²) in [6.07, 6.45) is 4.57. The van der Waals surface area contributed by atoms with Crippen LogP contribution < -0.4 is 5.32 Å². The summed E-state index contributed by atoms with van der Waals surface area (Å²) < 4.78 is 10.0. The van der Waals surface area contributed by atoms with E-state index in [4.69, 9.17) is 9.47 Å². The van der Waals surface area contributed by atoms with Crippen molar-refractivity contribution in [1.82, 2.24) is 9.97 Å². The Morgan fingerprint density at radius 2 is 2.20 bits per heavy atom. The first kappa shape index (κ1) is 14.7. The molecule has 1 fully saturated rings. The average Bonchev–Trinajstić information content (AvgIpc) is 3.20. The van der Waals surface area contributed by atoms with E-state index in [1.165, 1.54) is 6.92 Å². The fourth-order valence-corrected chi connectivity index (χ4v) is 2.20. The number of rotatable bonds is 8. The molecule has 0 spiro atoms. The summed E-state index contributed by atoms with van der Waals surface area (Å²) in [7, 11) is 1.67. The molecule has 6 nitrogen and oxygen atoms in total. The normalized spacial score (nSPS) is 15.7. The minimum Gasteiger partial charge on any atom is -0.466 e. The Balaban J connectivity index is 1.93. The Morgan fingerprint density at radius 1 is 1.40 bits per heavy atom. The number of aromatic nitrogens is 2. The Hall–Kier alpha value is -1.69. The lowest BCUT2D eigenvalue weighted by molar-refractivity contribution is -0.141. The number of hydrogen-bond donors (Lipinski definition) is 1. The van der Waals surface area contributed by atoms with Gasteiger partial charge in [0.1, 0.15) is 12.1 Å². The Kier molecular flexibility index (Phi) is 4.89. The van der Waals surface area contributed by atoms with E-state index < -0.39 is 0 Å². The molecule has 1 aliphatic rings. The number of nitrogens with one attached hydrogen (secondary N) is 1. The van der Waals surface area contributed by atoms with Gasteiger partial charge >= 0.3 is 5.97 Å². The fourth-order valence-electron chi connectivity index (χ4n) is 2.20. The molecule has 1 aromatic heterocycles. The second kappa shape index (κ2) is 6.65. The first-order valence-electron chi connectivity index (χ1n) is 6.85. The zero-order valence-corrected chi connectivity index (χ0v) is 12.0. The molecule has 6 heteroatoms. The Labute approximate surface area is 118 Å². The van der Waals surface area contributed by atoms with Crippen molar-refractivity contribution in [2.24, 2.45) is 0 Å². The minimum atomic E-state index is -0.231. The molecule has 1 aromatic rings. The molecule has 1 N–H and O–H groups in total. The van der Waals surface area contributed by atoms with Crippen molar-refractivity contribution in [2.45, 2.75) is 31.6 Å². The smallest absolute Gasteiger partial charge is 0.302 e. The molecule has 0 amide bonds. The van der Waals surface area contributed by atoms with E-state index in [1.54, 1.807) is 13.4 Å². The van der Waals surface area contributed by atoms with Crippen molar-refractivity contribution in [3.05, 3.63) is 18.1 Å². The third-order valence-electron chi connectivity index (χ3n) is 3.56. The van der Waals surface area contributed by atoms with Crippen LogP contribution in [0.5, 0.6) is 0 Å². The molecule has 1 aliphatic carbocycles. The first-order chi connectivity index (χ1) is 9.66. The third kappa shape index (κ3) is 3.90. The SMILES string of the molecule is COCCNc1cc(C2(CCOC(C)=O)CC2)ncn1. The van der Waals surface area contributed by atoms with E-state index in [0.717, 1.165) is 30.8 Å². The zero-order chi connectivity index (χ0) is 14.4. The van der Waals surface area contributed by atoms with Gasteiger partial charge in [-0.15, -0.1) is 0 Å². The molecule has 1 saturated carbocycles. The van der Waals surface area contributed by atoms with Crippen molar-refractivity contribution in [3.63, 3.8) is 0 Å². The molecule has 0 radical (unpaired) electrons. The van der Waals surface area contributed by atoms with Crippen LogP contribution >= 0.6 is 0 Å². The van der Waals surface area contributed by atoms with Gasteiger partial charge in [0, 0.05) is 32.1 Å². The number of ether oxygens (including phenoxy) is 2. The van der Waals surface area contributed by atoms with Gasteiger partial charge in [-0.2, -0.15) is 0 Å². The predicted octanol–water partition coefficient (Wildman–Crippen LogP) is 1.52. The summed E-state index contributed by atoms with van der Waals surface area (Å²) in [5.41, 5.74) is 1.09. The highest BCUT2D eigenvalue weighted by molar-refractivity contribution is 5.65. The summed E-state index contributed by atoms with van der Waals surface area (Å²) in [6.45, 7) is 3.23. The zero-order valence-electron chi connectivity index (χ0n) is 12.0. The molecule has 2 rings (SSSR count). The average molecular weight is 279 g/mol. The number of carbonyl (C=O) groups excluding carboxylic acids is 1. The fraction of sp³-hybridized carbons (Fsp3) is 0.643. The molecule has 0 aromatic carbocycles. The van der Waals surface area contributed by atoms with E-state index in [9.17, 15) is 4.79 Å². The maximum Gasteiger partial charge on any atom is 0.302 e. The molecule has 0 aliphatic heterocycles. The van der Waals surface area contributed by atoms with Crippen molar-refractivity contribution < 1.29 is 14.3 Å². The molecule has 0 atom stereocenters. The van der Waals surface area contributed by atoms with E-state index in [0.29, 0.717) is 19.8 Å². The lowest BCUT2D eigenvalue weighted by atomic mass is 9.98. The van der Waals surface area contributed by atoms with E-state index in [-0.39, 0.29) is 11.4 Å². The van der Waals surface area contributed by atoms with Crippen molar-refractivity contribution in [3.8, 4) is 0 Å². The van der Waals surface area contributed by atoms with Gasteiger partial charge in [-0.1, -0.05) is 0 Å². The number of hydrogen-bond acceptors (Lipinski definition) is 6. The number of methoxy groups -OCH3 is 1. The molecular formula is C14H21N3O3. The molecule has 0 unspecified atom stereocenters. The van der Waals surface area contributed by atoms with Gasteiger partial charge in [0.15, 0.2) is 0 Å². The number of esters is 1. The van der Waals surface area contributed by atoms with Gasteiger partial charge in [-0.05, 0) is 19.3 Å². The van der Waals surface area contributed by atoms with Gasteiger partial charge in [0.25, 0.3) is 0 Å². The van der Waals surface area contributed by atoms with Crippen molar-refractivity contribution >= 4 is 11.8 Å². The van der Waals surface area contributed by atoms with Gasteiger partial charge in [0.05, 0.1) is 18.9 Å². The van der Waals surface area contributed by atoms with E-state index >= 15 is 0 Å². The van der Waals surface area contributed by atoms with Crippen molar-refractivity contribution in [2.75, 3.05) is 32.2 Å². The highest BCUT2D eigenvalue weighted by atomic mass is 16.5. The highest BCUT2D eigenvalue weighted by Gasteiger charge is 2.45. The van der Waals surface area contributed by atoms with Gasteiger partial charge in [-0.3, -0.25) is 4.79 Å². The van der Waals surface area contributed by atoms with Gasteiger partial charge in [-0.25, -0.2) is 9.97 Å². The van der Waals surface area contributed by atoms with Crippen LogP contribution in [0.3, 0.4) is 0 Å². The second-order valence-corrected chi connectivity index (χ2v) is 5.08. The number of nitrogens with zero attached hydrogens (tertiary/aromatic N) is 2. The van der Waals surface area contributed by atoms with Crippen LogP contribution in [0.25, 0.3) is 0 Å². The second-order valence-electron chi connectivity index (χ2n) is 5.08. The number of anilines is 1. The molecule has 1 heterocycles. The maximum absolute atomic E-state index is 10.8. The molecule has 20 heavy (non-hydrogen) atoms. The van der Waals surface area contributed by atoms with Crippen LogP contribution in [0.1, 0.15) is 31.9 Å². The molecule has 110 valence electrons. The predicted molar refractivity (Wildman–Crippen MR) is 74.6 cm³/mol. The Bertz CT molecular complexity index is 461. The maximum atomic E-state index is 10.8. The van der Waals surface area contributed by atoms with Crippen LogP contribution in [0.4, 0.5) is 5.82 Å². The summed E-state index contributed by atoms with van der Waals surface area (Å²) >= 11 is 0. The molecular weight excluding hydrogens is 258 g/mol. The highest BCUT2D eigenvalue weighted by Crippen LogP contribution is 2.50. The third-order valence-corrected chi connectivity index (χ3v) is 3.56. The van der Waals surface area contributed by atoms with Crippen LogP contribution in [-0.4, -0.2) is 42.8 Å². The summed E-state index contributed by atoms with van der Waals surface area (Å²) in [5.74, 6) is 0.580. The van der Waals surface area contributed by atoms with Gasteiger partial charge in [0.2, 0.25) is 0 Å². The lowest BCUT2D eigenvalue weighted by Gasteiger charge is -2.15. The van der Waals surface area contributed by atoms with E-state index in [1.807, 2.05) is 6.07 Å². The summed E-state index contributed by atoms with van der Waals surface area (Å²) in [6, 6.07) is 1.98. The lowest BCUT2D eigenvalue weighted by Crippen LogP contribution is -2.15. The van der Waals surface area contributed by atoms with Crippen molar-refractivity contribution in [1.29, 1.82) is 0 Å². The largest absolute Gasteiger partial charge is 0.466 e. The van der Waals surface area contributed by atoms with E-state index in [2.05, 4.69) is 15.3 Å². The topological polar surface area (TPSA) is 73.3 Å². The summed E-state index contributed by atoms with van der Waals surface area (Å²) in [4.78, 5) is 19.4.